The first kappa shape index (κ1) is 21.9. The van der Waals surface area contributed by atoms with Gasteiger partial charge in [-0.2, -0.15) is 5.26 Å². The van der Waals surface area contributed by atoms with Gasteiger partial charge in [0.25, 0.3) is 5.91 Å². The van der Waals surface area contributed by atoms with E-state index in [2.05, 4.69) is 16.7 Å². The van der Waals surface area contributed by atoms with E-state index in [4.69, 9.17) is 5.26 Å². The zero-order valence-corrected chi connectivity index (χ0v) is 17.8. The Bertz CT molecular complexity index is 899. The summed E-state index contributed by atoms with van der Waals surface area (Å²) in [5.74, 6) is 0.688. The maximum Gasteiger partial charge on any atom is 0.256 e. The summed E-state index contributed by atoms with van der Waals surface area (Å²) < 4.78 is 0. The minimum absolute atomic E-state index is 0.00821. The van der Waals surface area contributed by atoms with Crippen molar-refractivity contribution >= 4 is 29.3 Å². The third kappa shape index (κ3) is 6.64. The predicted molar refractivity (Wildman–Crippen MR) is 120 cm³/mol. The molecule has 30 heavy (non-hydrogen) atoms. The molecular formula is C24H27N3O2S. The Kier molecular flexibility index (Phi) is 8.34. The highest BCUT2D eigenvalue weighted by molar-refractivity contribution is 8.00. The Hall–Kier alpha value is -2.78. The molecular weight excluding hydrogens is 394 g/mol. The van der Waals surface area contributed by atoms with Crippen molar-refractivity contribution in [3.8, 4) is 6.07 Å². The summed E-state index contributed by atoms with van der Waals surface area (Å²) in [6.07, 6.45) is 6.58. The Morgan fingerprint density at radius 1 is 1.03 bits per heavy atom. The van der Waals surface area contributed by atoms with Crippen molar-refractivity contribution in [3.63, 3.8) is 0 Å². The number of amides is 2. The van der Waals surface area contributed by atoms with Gasteiger partial charge in [-0.1, -0.05) is 43.5 Å². The molecule has 6 heteroatoms. The summed E-state index contributed by atoms with van der Waals surface area (Å²) in [6.45, 7) is 0.753. The molecule has 0 spiro atoms. The molecule has 0 unspecified atom stereocenters. The monoisotopic (exact) mass is 421 g/mol. The normalized spacial score (nSPS) is 14.0. The number of nitrogens with zero attached hydrogens (tertiary/aromatic N) is 1. The fourth-order valence-corrected chi connectivity index (χ4v) is 4.50. The molecule has 156 valence electrons. The number of nitriles is 1. The molecule has 2 N–H and O–H groups in total. The van der Waals surface area contributed by atoms with Crippen LogP contribution in [0.3, 0.4) is 0 Å². The largest absolute Gasteiger partial charge is 0.355 e. The summed E-state index contributed by atoms with van der Waals surface area (Å²) in [6, 6.07) is 16.7. The highest BCUT2D eigenvalue weighted by Gasteiger charge is 2.16. The Morgan fingerprint density at radius 3 is 2.50 bits per heavy atom. The molecule has 5 nitrogen and oxygen atoms in total. The third-order valence-electron chi connectivity index (χ3n) is 5.30. The molecule has 0 heterocycles. The first-order valence-electron chi connectivity index (χ1n) is 10.4. The molecule has 3 rings (SSSR count). The summed E-state index contributed by atoms with van der Waals surface area (Å²) in [7, 11) is 0. The molecule has 0 bridgehead atoms. The first-order chi connectivity index (χ1) is 14.7. The third-order valence-corrected chi connectivity index (χ3v) is 6.37. The molecule has 1 fully saturated rings. The van der Waals surface area contributed by atoms with Gasteiger partial charge < -0.3 is 10.6 Å². The lowest BCUT2D eigenvalue weighted by molar-refractivity contribution is -0.118. The van der Waals surface area contributed by atoms with Gasteiger partial charge in [0, 0.05) is 17.1 Å². The molecule has 0 aromatic heterocycles. The standard InChI is InChI=1S/C24H27N3O2S/c25-15-14-18-10-12-20(13-11-18)27-24(29)21-8-4-5-9-22(21)30-17-23(28)26-16-19-6-2-1-3-7-19/h4-5,8-13,19H,1-3,6-7,14,16-17H2,(H,26,28)(H,27,29). The van der Waals surface area contributed by atoms with E-state index >= 15 is 0 Å². The van der Waals surface area contributed by atoms with Crippen LogP contribution < -0.4 is 10.6 Å². The van der Waals surface area contributed by atoms with Gasteiger partial charge in [-0.25, -0.2) is 0 Å². The lowest BCUT2D eigenvalue weighted by Gasteiger charge is -2.21. The second-order valence-electron chi connectivity index (χ2n) is 7.58. The molecule has 2 aromatic carbocycles. The van der Waals surface area contributed by atoms with Crippen LogP contribution in [-0.2, 0) is 11.2 Å². The van der Waals surface area contributed by atoms with E-state index < -0.39 is 0 Å². The van der Waals surface area contributed by atoms with E-state index in [0.717, 1.165) is 17.0 Å². The predicted octanol–water partition coefficient (Wildman–Crippen LogP) is 4.79. The van der Waals surface area contributed by atoms with Crippen molar-refractivity contribution < 1.29 is 9.59 Å². The summed E-state index contributed by atoms with van der Waals surface area (Å²) in [5, 5.41) is 14.7. The molecule has 0 aliphatic heterocycles. The maximum atomic E-state index is 12.7. The van der Waals surface area contributed by atoms with Crippen molar-refractivity contribution in [2.45, 2.75) is 43.4 Å². The van der Waals surface area contributed by atoms with Crippen molar-refractivity contribution in [1.82, 2.24) is 5.32 Å². The van der Waals surface area contributed by atoms with E-state index in [9.17, 15) is 9.59 Å². The van der Waals surface area contributed by atoms with E-state index in [1.807, 2.05) is 30.3 Å². The van der Waals surface area contributed by atoms with Crippen molar-refractivity contribution in [2.24, 2.45) is 5.92 Å². The molecule has 1 aliphatic carbocycles. The van der Waals surface area contributed by atoms with Crippen LogP contribution in [0.2, 0.25) is 0 Å². The summed E-state index contributed by atoms with van der Waals surface area (Å²) in [5.41, 5.74) is 2.13. The molecule has 0 radical (unpaired) electrons. The fraction of sp³-hybridized carbons (Fsp3) is 0.375. The summed E-state index contributed by atoms with van der Waals surface area (Å²) >= 11 is 1.38. The quantitative estimate of drug-likeness (QED) is 0.600. The van der Waals surface area contributed by atoms with Crippen LogP contribution in [0.4, 0.5) is 5.69 Å². The zero-order chi connectivity index (χ0) is 21.2. The second kappa shape index (κ2) is 11.4. The van der Waals surface area contributed by atoms with Gasteiger partial charge in [-0.05, 0) is 48.6 Å². The van der Waals surface area contributed by atoms with Gasteiger partial charge in [0.2, 0.25) is 5.91 Å². The van der Waals surface area contributed by atoms with E-state index in [-0.39, 0.29) is 11.8 Å². The van der Waals surface area contributed by atoms with E-state index in [1.54, 1.807) is 18.2 Å². The van der Waals surface area contributed by atoms with Crippen LogP contribution in [0.1, 0.15) is 48.0 Å². The Morgan fingerprint density at radius 2 is 1.77 bits per heavy atom. The molecule has 0 atom stereocenters. The first-order valence-corrected chi connectivity index (χ1v) is 11.4. The zero-order valence-electron chi connectivity index (χ0n) is 17.0. The van der Waals surface area contributed by atoms with Gasteiger partial charge >= 0.3 is 0 Å². The van der Waals surface area contributed by atoms with Crippen molar-refractivity contribution in [2.75, 3.05) is 17.6 Å². The van der Waals surface area contributed by atoms with E-state index in [0.29, 0.717) is 29.3 Å². The highest BCUT2D eigenvalue weighted by Crippen LogP contribution is 2.25. The number of anilines is 1. The molecule has 0 saturated heterocycles. The topological polar surface area (TPSA) is 82.0 Å². The van der Waals surface area contributed by atoms with Gasteiger partial charge in [-0.15, -0.1) is 11.8 Å². The van der Waals surface area contributed by atoms with Gasteiger partial charge in [0.15, 0.2) is 0 Å². The van der Waals surface area contributed by atoms with Crippen molar-refractivity contribution in [3.05, 3.63) is 59.7 Å². The van der Waals surface area contributed by atoms with Crippen molar-refractivity contribution in [1.29, 1.82) is 5.26 Å². The molecule has 1 aliphatic rings. The number of hydrogen-bond acceptors (Lipinski definition) is 4. The average molecular weight is 422 g/mol. The van der Waals surface area contributed by atoms with Crippen LogP contribution in [0.25, 0.3) is 0 Å². The molecule has 2 amide bonds. The fourth-order valence-electron chi connectivity index (χ4n) is 3.62. The van der Waals surface area contributed by atoms with Crippen LogP contribution in [0, 0.1) is 17.2 Å². The minimum Gasteiger partial charge on any atom is -0.355 e. The molecule has 1 saturated carbocycles. The average Bonchev–Trinajstić information content (AvgIpc) is 2.78. The van der Waals surface area contributed by atoms with Gasteiger partial charge in [0.1, 0.15) is 0 Å². The lowest BCUT2D eigenvalue weighted by atomic mass is 9.89. The molecule has 2 aromatic rings. The second-order valence-corrected chi connectivity index (χ2v) is 8.60. The van der Waals surface area contributed by atoms with Crippen LogP contribution in [0.15, 0.2) is 53.4 Å². The smallest absolute Gasteiger partial charge is 0.256 e. The SMILES string of the molecule is N#CCc1ccc(NC(=O)c2ccccc2SCC(=O)NCC2CCCCC2)cc1. The Balaban J connectivity index is 1.53. The Labute approximate surface area is 182 Å². The van der Waals surface area contributed by atoms with Crippen LogP contribution >= 0.6 is 11.8 Å². The van der Waals surface area contributed by atoms with Gasteiger partial charge in [0.05, 0.1) is 23.8 Å². The summed E-state index contributed by atoms with van der Waals surface area (Å²) in [4.78, 5) is 25.8. The number of hydrogen-bond donors (Lipinski definition) is 2. The van der Waals surface area contributed by atoms with Gasteiger partial charge in [-0.3, -0.25) is 9.59 Å². The van der Waals surface area contributed by atoms with Crippen LogP contribution in [0.5, 0.6) is 0 Å². The number of rotatable bonds is 8. The lowest BCUT2D eigenvalue weighted by Crippen LogP contribution is -2.31. The number of carbonyl (C=O) groups is 2. The number of benzene rings is 2. The number of thioether (sulfide) groups is 1. The number of nitrogens with one attached hydrogen (secondary N) is 2. The van der Waals surface area contributed by atoms with Crippen LogP contribution in [-0.4, -0.2) is 24.1 Å². The number of carbonyl (C=O) groups excluding carboxylic acids is 2. The van der Waals surface area contributed by atoms with E-state index in [1.165, 1.54) is 43.9 Å². The minimum atomic E-state index is -0.214. The maximum absolute atomic E-state index is 12.7. The highest BCUT2D eigenvalue weighted by atomic mass is 32.2.